The van der Waals surface area contributed by atoms with Crippen LogP contribution in [-0.4, -0.2) is 27.2 Å². The SMILES string of the molecule is N#Cc1cccc(C(O)C(O)CC(N)=O)n1. The second-order valence-corrected chi connectivity index (χ2v) is 3.24. The van der Waals surface area contributed by atoms with Crippen LogP contribution in [0, 0.1) is 11.3 Å². The lowest BCUT2D eigenvalue weighted by Gasteiger charge is -2.15. The summed E-state index contributed by atoms with van der Waals surface area (Å²) in [6.45, 7) is 0. The molecule has 1 amide bonds. The molecule has 4 N–H and O–H groups in total. The predicted octanol–water partition coefficient (Wildman–Crippen LogP) is -0.777. The molecule has 0 aliphatic carbocycles. The molecule has 1 aromatic heterocycles. The van der Waals surface area contributed by atoms with E-state index in [-0.39, 0.29) is 17.8 Å². The van der Waals surface area contributed by atoms with Gasteiger partial charge < -0.3 is 15.9 Å². The van der Waals surface area contributed by atoms with Gasteiger partial charge in [-0.3, -0.25) is 4.79 Å². The van der Waals surface area contributed by atoms with Crippen LogP contribution in [0.2, 0.25) is 0 Å². The van der Waals surface area contributed by atoms with E-state index >= 15 is 0 Å². The van der Waals surface area contributed by atoms with Crippen LogP contribution < -0.4 is 5.73 Å². The highest BCUT2D eigenvalue weighted by Gasteiger charge is 2.21. The van der Waals surface area contributed by atoms with E-state index in [0.29, 0.717) is 0 Å². The Morgan fingerprint density at radius 2 is 2.25 bits per heavy atom. The summed E-state index contributed by atoms with van der Waals surface area (Å²) in [5, 5.41) is 27.7. The summed E-state index contributed by atoms with van der Waals surface area (Å²) < 4.78 is 0. The fraction of sp³-hybridized carbons (Fsp3) is 0.300. The molecule has 0 aliphatic rings. The van der Waals surface area contributed by atoms with Gasteiger partial charge in [0.2, 0.25) is 5.91 Å². The molecule has 6 heteroatoms. The monoisotopic (exact) mass is 221 g/mol. The summed E-state index contributed by atoms with van der Waals surface area (Å²) in [5.74, 6) is -0.719. The molecule has 0 bridgehead atoms. The molecular formula is C10H11N3O3. The van der Waals surface area contributed by atoms with E-state index in [4.69, 9.17) is 11.0 Å². The quantitative estimate of drug-likeness (QED) is 0.616. The van der Waals surface area contributed by atoms with Gasteiger partial charge >= 0.3 is 0 Å². The van der Waals surface area contributed by atoms with Gasteiger partial charge in [-0.15, -0.1) is 0 Å². The normalized spacial score (nSPS) is 13.8. The van der Waals surface area contributed by atoms with Crippen LogP contribution in [0.25, 0.3) is 0 Å². The number of aliphatic hydroxyl groups excluding tert-OH is 2. The molecule has 2 atom stereocenters. The number of pyridine rings is 1. The first kappa shape index (κ1) is 12.1. The first-order chi connectivity index (χ1) is 7.54. The van der Waals surface area contributed by atoms with E-state index < -0.39 is 18.1 Å². The van der Waals surface area contributed by atoms with E-state index in [2.05, 4.69) is 4.98 Å². The molecule has 0 fully saturated rings. The Kier molecular flexibility index (Phi) is 3.94. The molecule has 16 heavy (non-hydrogen) atoms. The third-order valence-electron chi connectivity index (χ3n) is 1.96. The fourth-order valence-corrected chi connectivity index (χ4v) is 1.19. The molecule has 0 saturated carbocycles. The zero-order valence-electron chi connectivity index (χ0n) is 8.37. The van der Waals surface area contributed by atoms with Gasteiger partial charge in [-0.1, -0.05) is 6.07 Å². The van der Waals surface area contributed by atoms with E-state index in [9.17, 15) is 15.0 Å². The van der Waals surface area contributed by atoms with Crippen molar-refractivity contribution in [2.24, 2.45) is 5.73 Å². The van der Waals surface area contributed by atoms with E-state index in [1.807, 2.05) is 0 Å². The standard InChI is InChI=1S/C10H11N3O3/c11-5-6-2-1-3-7(13-6)10(16)8(14)4-9(12)15/h1-3,8,10,14,16H,4H2,(H2,12,15). The van der Waals surface area contributed by atoms with Crippen molar-refractivity contribution in [2.45, 2.75) is 18.6 Å². The fourth-order valence-electron chi connectivity index (χ4n) is 1.19. The summed E-state index contributed by atoms with van der Waals surface area (Å²) >= 11 is 0. The number of aliphatic hydroxyl groups is 2. The Balaban J connectivity index is 2.83. The third kappa shape index (κ3) is 3.02. The van der Waals surface area contributed by atoms with Crippen molar-refractivity contribution in [1.29, 1.82) is 5.26 Å². The van der Waals surface area contributed by atoms with Gasteiger partial charge in [0.25, 0.3) is 0 Å². The van der Waals surface area contributed by atoms with Gasteiger partial charge in [-0.2, -0.15) is 5.26 Å². The largest absolute Gasteiger partial charge is 0.389 e. The summed E-state index contributed by atoms with van der Waals surface area (Å²) in [5.41, 5.74) is 5.14. The molecule has 2 unspecified atom stereocenters. The summed E-state index contributed by atoms with van der Waals surface area (Å²) in [7, 11) is 0. The Morgan fingerprint density at radius 3 is 2.81 bits per heavy atom. The van der Waals surface area contributed by atoms with Crippen molar-refractivity contribution in [1.82, 2.24) is 4.98 Å². The third-order valence-corrected chi connectivity index (χ3v) is 1.96. The Labute approximate surface area is 92.0 Å². The van der Waals surface area contributed by atoms with E-state index in [1.54, 1.807) is 6.07 Å². The van der Waals surface area contributed by atoms with Crippen LogP contribution in [0.3, 0.4) is 0 Å². The van der Waals surface area contributed by atoms with E-state index in [1.165, 1.54) is 18.2 Å². The van der Waals surface area contributed by atoms with Crippen molar-refractivity contribution < 1.29 is 15.0 Å². The minimum atomic E-state index is -1.33. The molecule has 1 heterocycles. The number of hydrogen-bond donors (Lipinski definition) is 3. The predicted molar refractivity (Wildman–Crippen MR) is 53.7 cm³/mol. The first-order valence-electron chi connectivity index (χ1n) is 4.56. The van der Waals surface area contributed by atoms with Gasteiger partial charge in [0.1, 0.15) is 17.9 Å². The maximum absolute atomic E-state index is 10.5. The van der Waals surface area contributed by atoms with Gasteiger partial charge in [-0.25, -0.2) is 4.98 Å². The zero-order chi connectivity index (χ0) is 12.1. The molecular weight excluding hydrogens is 210 g/mol. The first-order valence-corrected chi connectivity index (χ1v) is 4.56. The van der Waals surface area contributed by atoms with Gasteiger partial charge in [-0.05, 0) is 12.1 Å². The molecule has 0 radical (unpaired) electrons. The number of nitrogens with zero attached hydrogens (tertiary/aromatic N) is 2. The van der Waals surface area contributed by atoms with Gasteiger partial charge in [0.15, 0.2) is 0 Å². The summed E-state index contributed by atoms with van der Waals surface area (Å²) in [4.78, 5) is 14.3. The number of hydrogen-bond acceptors (Lipinski definition) is 5. The second-order valence-electron chi connectivity index (χ2n) is 3.24. The lowest BCUT2D eigenvalue weighted by atomic mass is 10.1. The average molecular weight is 221 g/mol. The molecule has 1 rings (SSSR count). The van der Waals surface area contributed by atoms with Crippen LogP contribution in [-0.2, 0) is 4.79 Å². The Morgan fingerprint density at radius 1 is 1.56 bits per heavy atom. The molecule has 84 valence electrons. The number of nitrogens with two attached hydrogens (primary N) is 1. The van der Waals surface area contributed by atoms with Crippen LogP contribution >= 0.6 is 0 Å². The summed E-state index contributed by atoms with van der Waals surface area (Å²) in [6.07, 6.45) is -3.01. The van der Waals surface area contributed by atoms with Gasteiger partial charge in [0, 0.05) is 0 Å². The zero-order valence-corrected chi connectivity index (χ0v) is 8.37. The molecule has 0 aliphatic heterocycles. The van der Waals surface area contributed by atoms with Crippen molar-refractivity contribution in [2.75, 3.05) is 0 Å². The van der Waals surface area contributed by atoms with Crippen LogP contribution in [0.5, 0.6) is 0 Å². The molecule has 0 spiro atoms. The maximum atomic E-state index is 10.5. The molecule has 0 aromatic carbocycles. The van der Waals surface area contributed by atoms with Crippen molar-refractivity contribution >= 4 is 5.91 Å². The highest BCUT2D eigenvalue weighted by molar-refractivity contribution is 5.74. The molecule has 6 nitrogen and oxygen atoms in total. The number of carbonyl (C=O) groups excluding carboxylic acids is 1. The highest BCUT2D eigenvalue weighted by atomic mass is 16.3. The smallest absolute Gasteiger partial charge is 0.220 e. The maximum Gasteiger partial charge on any atom is 0.220 e. The van der Waals surface area contributed by atoms with Crippen molar-refractivity contribution in [3.05, 3.63) is 29.6 Å². The highest BCUT2D eigenvalue weighted by Crippen LogP contribution is 2.16. The van der Waals surface area contributed by atoms with E-state index in [0.717, 1.165) is 0 Å². The lowest BCUT2D eigenvalue weighted by molar-refractivity contribution is -0.121. The molecule has 0 saturated heterocycles. The van der Waals surface area contributed by atoms with Crippen LogP contribution in [0.4, 0.5) is 0 Å². The minimum Gasteiger partial charge on any atom is -0.389 e. The van der Waals surface area contributed by atoms with Crippen LogP contribution in [0.15, 0.2) is 18.2 Å². The summed E-state index contributed by atoms with van der Waals surface area (Å²) in [6, 6.07) is 6.26. The van der Waals surface area contributed by atoms with Crippen molar-refractivity contribution in [3.63, 3.8) is 0 Å². The Bertz CT molecular complexity index is 428. The second kappa shape index (κ2) is 5.21. The number of primary amides is 1. The topological polar surface area (TPSA) is 120 Å². The number of aromatic nitrogens is 1. The van der Waals surface area contributed by atoms with Gasteiger partial charge in [0.05, 0.1) is 18.2 Å². The number of carbonyl (C=O) groups is 1. The average Bonchev–Trinajstić information content (AvgIpc) is 2.27. The Hall–Kier alpha value is -1.97. The number of amides is 1. The van der Waals surface area contributed by atoms with Crippen LogP contribution in [0.1, 0.15) is 23.9 Å². The van der Waals surface area contributed by atoms with Crippen molar-refractivity contribution in [3.8, 4) is 6.07 Å². The lowest BCUT2D eigenvalue weighted by Crippen LogP contribution is -2.26. The molecule has 1 aromatic rings. The number of rotatable bonds is 4. The minimum absolute atomic E-state index is 0.128. The number of nitriles is 1.